The lowest BCUT2D eigenvalue weighted by Gasteiger charge is -2.11. The second-order valence-electron chi connectivity index (χ2n) is 4.82. The number of aryl methyl sites for hydroxylation is 2. The average Bonchev–Trinajstić information content (AvgIpc) is 2.95. The molecule has 1 aliphatic carbocycles. The van der Waals surface area contributed by atoms with Crippen LogP contribution in [0.15, 0.2) is 45.4 Å². The van der Waals surface area contributed by atoms with Gasteiger partial charge in [0.1, 0.15) is 5.03 Å². The number of fused-ring (bicyclic) bond motifs is 1. The molecular weight excluding hydrogens is 306 g/mol. The van der Waals surface area contributed by atoms with Crippen LogP contribution in [0.25, 0.3) is 0 Å². The number of amidine groups is 1. The van der Waals surface area contributed by atoms with Gasteiger partial charge in [0.05, 0.1) is 10.6 Å². The summed E-state index contributed by atoms with van der Waals surface area (Å²) in [6.07, 6.45) is 3.06. The van der Waals surface area contributed by atoms with Crippen LogP contribution in [0, 0.1) is 0 Å². The van der Waals surface area contributed by atoms with Crippen LogP contribution in [0.5, 0.6) is 0 Å². The molecule has 3 rings (SSSR count). The Morgan fingerprint density at radius 1 is 1.33 bits per heavy atom. The number of aromatic nitrogens is 1. The highest BCUT2D eigenvalue weighted by molar-refractivity contribution is 7.99. The van der Waals surface area contributed by atoms with E-state index in [1.165, 1.54) is 17.3 Å². The SMILES string of the molecule is NC(=NO)c1cc2c(nc1Sc1ccccc1Cl)CCC2. The number of nitrogens with zero attached hydrogens (tertiary/aromatic N) is 2. The summed E-state index contributed by atoms with van der Waals surface area (Å²) in [4.78, 5) is 5.59. The van der Waals surface area contributed by atoms with Crippen molar-refractivity contribution >= 4 is 29.2 Å². The zero-order chi connectivity index (χ0) is 14.8. The summed E-state index contributed by atoms with van der Waals surface area (Å²) in [6, 6.07) is 9.54. The van der Waals surface area contributed by atoms with Crippen LogP contribution in [0.1, 0.15) is 23.2 Å². The van der Waals surface area contributed by atoms with E-state index in [4.69, 9.17) is 27.5 Å². The van der Waals surface area contributed by atoms with E-state index in [0.29, 0.717) is 10.6 Å². The lowest BCUT2D eigenvalue weighted by atomic mass is 10.1. The summed E-state index contributed by atoms with van der Waals surface area (Å²) < 4.78 is 0. The monoisotopic (exact) mass is 319 g/mol. The molecule has 0 spiro atoms. The summed E-state index contributed by atoms with van der Waals surface area (Å²) in [5.74, 6) is 0.0757. The van der Waals surface area contributed by atoms with Gasteiger partial charge in [-0.25, -0.2) is 4.98 Å². The van der Waals surface area contributed by atoms with Gasteiger partial charge in [0, 0.05) is 10.6 Å². The largest absolute Gasteiger partial charge is 0.409 e. The molecule has 1 aromatic heterocycles. The molecule has 0 bridgehead atoms. The third-order valence-electron chi connectivity index (χ3n) is 3.44. The third-order valence-corrected chi connectivity index (χ3v) is 4.96. The molecule has 0 unspecified atom stereocenters. The van der Waals surface area contributed by atoms with E-state index < -0.39 is 0 Å². The van der Waals surface area contributed by atoms with Crippen molar-refractivity contribution in [3.05, 3.63) is 52.2 Å². The molecular formula is C15H14ClN3OS. The highest BCUT2D eigenvalue weighted by Crippen LogP contribution is 2.35. The third kappa shape index (κ3) is 2.84. The molecule has 21 heavy (non-hydrogen) atoms. The molecule has 108 valence electrons. The molecule has 0 fully saturated rings. The normalized spacial score (nSPS) is 14.2. The van der Waals surface area contributed by atoms with Gasteiger partial charge in [0.25, 0.3) is 0 Å². The van der Waals surface area contributed by atoms with E-state index >= 15 is 0 Å². The van der Waals surface area contributed by atoms with Crippen molar-refractivity contribution in [3.63, 3.8) is 0 Å². The molecule has 1 aromatic carbocycles. The maximum Gasteiger partial charge on any atom is 0.172 e. The second-order valence-corrected chi connectivity index (χ2v) is 6.26. The minimum absolute atomic E-state index is 0.0757. The van der Waals surface area contributed by atoms with E-state index in [1.807, 2.05) is 30.3 Å². The predicted octanol–water partition coefficient (Wildman–Crippen LogP) is 3.47. The molecule has 0 atom stereocenters. The quantitative estimate of drug-likeness (QED) is 0.393. The van der Waals surface area contributed by atoms with Gasteiger partial charge in [-0.05, 0) is 43.0 Å². The van der Waals surface area contributed by atoms with Crippen molar-refractivity contribution in [2.75, 3.05) is 0 Å². The highest BCUT2D eigenvalue weighted by Gasteiger charge is 2.19. The number of hydrogen-bond acceptors (Lipinski definition) is 4. The van der Waals surface area contributed by atoms with Gasteiger partial charge in [-0.2, -0.15) is 0 Å². The molecule has 1 heterocycles. The van der Waals surface area contributed by atoms with Gasteiger partial charge in [-0.3, -0.25) is 0 Å². The van der Waals surface area contributed by atoms with E-state index in [9.17, 15) is 0 Å². The number of rotatable bonds is 3. The molecule has 1 aliphatic rings. The maximum absolute atomic E-state index is 8.98. The van der Waals surface area contributed by atoms with Crippen molar-refractivity contribution in [3.8, 4) is 0 Å². The van der Waals surface area contributed by atoms with E-state index in [1.54, 1.807) is 0 Å². The summed E-state index contributed by atoms with van der Waals surface area (Å²) in [5, 5.41) is 13.5. The Morgan fingerprint density at radius 3 is 2.90 bits per heavy atom. The average molecular weight is 320 g/mol. The molecule has 0 saturated heterocycles. The first-order chi connectivity index (χ1) is 10.2. The van der Waals surface area contributed by atoms with Gasteiger partial charge in [-0.1, -0.05) is 40.7 Å². The number of hydrogen-bond donors (Lipinski definition) is 2. The van der Waals surface area contributed by atoms with E-state index in [0.717, 1.165) is 34.9 Å². The van der Waals surface area contributed by atoms with Crippen LogP contribution in [0.2, 0.25) is 5.02 Å². The van der Waals surface area contributed by atoms with E-state index in [2.05, 4.69) is 5.16 Å². The van der Waals surface area contributed by atoms with Crippen molar-refractivity contribution in [2.24, 2.45) is 10.9 Å². The van der Waals surface area contributed by atoms with Crippen molar-refractivity contribution in [1.82, 2.24) is 4.98 Å². The first-order valence-corrected chi connectivity index (χ1v) is 7.81. The number of benzene rings is 1. The van der Waals surface area contributed by atoms with Crippen LogP contribution in [-0.4, -0.2) is 16.0 Å². The minimum atomic E-state index is 0.0757. The van der Waals surface area contributed by atoms with Crippen LogP contribution in [0.3, 0.4) is 0 Å². The lowest BCUT2D eigenvalue weighted by Crippen LogP contribution is -2.16. The Hall–Kier alpha value is -1.72. The molecule has 0 amide bonds. The molecule has 2 aromatic rings. The van der Waals surface area contributed by atoms with Crippen LogP contribution in [-0.2, 0) is 12.8 Å². The zero-order valence-corrected chi connectivity index (χ0v) is 12.8. The number of nitrogens with two attached hydrogens (primary N) is 1. The topological polar surface area (TPSA) is 71.5 Å². The molecule has 3 N–H and O–H groups in total. The van der Waals surface area contributed by atoms with Crippen molar-refractivity contribution in [2.45, 2.75) is 29.2 Å². The molecule has 0 saturated carbocycles. The fourth-order valence-corrected chi connectivity index (χ4v) is 3.60. The number of oxime groups is 1. The summed E-state index contributed by atoms with van der Waals surface area (Å²) in [5.41, 5.74) is 8.73. The van der Waals surface area contributed by atoms with E-state index in [-0.39, 0.29) is 5.84 Å². The fraction of sp³-hybridized carbons (Fsp3) is 0.200. The lowest BCUT2D eigenvalue weighted by molar-refractivity contribution is 0.318. The van der Waals surface area contributed by atoms with Gasteiger partial charge in [0.2, 0.25) is 0 Å². The van der Waals surface area contributed by atoms with Crippen LogP contribution < -0.4 is 5.73 Å². The summed E-state index contributed by atoms with van der Waals surface area (Å²) in [7, 11) is 0. The maximum atomic E-state index is 8.98. The molecule has 4 nitrogen and oxygen atoms in total. The smallest absolute Gasteiger partial charge is 0.172 e. The van der Waals surface area contributed by atoms with Crippen molar-refractivity contribution < 1.29 is 5.21 Å². The highest BCUT2D eigenvalue weighted by atomic mass is 35.5. The zero-order valence-electron chi connectivity index (χ0n) is 11.2. The number of halogens is 1. The van der Waals surface area contributed by atoms with Gasteiger partial charge in [-0.15, -0.1) is 0 Å². The number of pyridine rings is 1. The molecule has 0 aliphatic heterocycles. The Labute approximate surface area is 132 Å². The first kappa shape index (κ1) is 14.2. The standard InChI is InChI=1S/C15H14ClN3OS/c16-11-5-1-2-7-13(11)21-15-10(14(17)19-20)8-9-4-3-6-12(9)18-15/h1-2,5,7-8,20H,3-4,6H2,(H2,17,19). The van der Waals surface area contributed by atoms with Crippen LogP contribution >= 0.6 is 23.4 Å². The van der Waals surface area contributed by atoms with Gasteiger partial charge in [0.15, 0.2) is 5.84 Å². The fourth-order valence-electron chi connectivity index (χ4n) is 2.40. The summed E-state index contributed by atoms with van der Waals surface area (Å²) in [6.45, 7) is 0. The molecule has 6 heteroatoms. The van der Waals surface area contributed by atoms with Crippen LogP contribution in [0.4, 0.5) is 0 Å². The first-order valence-electron chi connectivity index (χ1n) is 6.62. The van der Waals surface area contributed by atoms with Gasteiger partial charge < -0.3 is 10.9 Å². The Bertz CT molecular complexity index is 718. The van der Waals surface area contributed by atoms with Crippen molar-refractivity contribution in [1.29, 1.82) is 0 Å². The Kier molecular flexibility index (Phi) is 4.03. The molecule has 0 radical (unpaired) electrons. The predicted molar refractivity (Wildman–Crippen MR) is 84.3 cm³/mol. The summed E-state index contributed by atoms with van der Waals surface area (Å²) >= 11 is 7.63. The van der Waals surface area contributed by atoms with Gasteiger partial charge >= 0.3 is 0 Å². The Balaban J connectivity index is 2.06. The second kappa shape index (κ2) is 5.95. The Morgan fingerprint density at radius 2 is 2.14 bits per heavy atom. The minimum Gasteiger partial charge on any atom is -0.409 e.